The first kappa shape index (κ1) is 15.1. The Hall–Kier alpha value is -2.29. The van der Waals surface area contributed by atoms with Crippen molar-refractivity contribution in [2.45, 2.75) is 33.3 Å². The SMILES string of the molecule is Cc1ccc(N/N=C/c2ccc(OC(C)(C)C)cc2)cc1. The summed E-state index contributed by atoms with van der Waals surface area (Å²) in [5, 5.41) is 4.23. The van der Waals surface area contributed by atoms with Crippen LogP contribution in [-0.2, 0) is 0 Å². The van der Waals surface area contributed by atoms with Gasteiger partial charge in [0.05, 0.1) is 11.9 Å². The molecule has 0 bridgehead atoms. The zero-order chi connectivity index (χ0) is 15.3. The normalized spacial score (nSPS) is 11.6. The highest BCUT2D eigenvalue weighted by Gasteiger charge is 2.10. The topological polar surface area (TPSA) is 33.6 Å². The Morgan fingerprint density at radius 3 is 2.14 bits per heavy atom. The van der Waals surface area contributed by atoms with Gasteiger partial charge in [0.2, 0.25) is 0 Å². The molecule has 21 heavy (non-hydrogen) atoms. The van der Waals surface area contributed by atoms with Crippen molar-refractivity contribution in [1.82, 2.24) is 0 Å². The molecule has 2 rings (SSSR count). The van der Waals surface area contributed by atoms with Gasteiger partial charge < -0.3 is 4.74 Å². The van der Waals surface area contributed by atoms with Crippen LogP contribution in [0.4, 0.5) is 5.69 Å². The molecule has 1 N–H and O–H groups in total. The van der Waals surface area contributed by atoms with Gasteiger partial charge in [0.1, 0.15) is 11.4 Å². The molecule has 0 heterocycles. The molecule has 3 nitrogen and oxygen atoms in total. The zero-order valence-corrected chi connectivity index (χ0v) is 13.1. The fraction of sp³-hybridized carbons (Fsp3) is 0.278. The second-order valence-electron chi connectivity index (χ2n) is 6.02. The van der Waals surface area contributed by atoms with Gasteiger partial charge in [-0.05, 0) is 69.7 Å². The summed E-state index contributed by atoms with van der Waals surface area (Å²) in [6, 6.07) is 16.0. The molecule has 0 aromatic heterocycles. The van der Waals surface area contributed by atoms with Crippen molar-refractivity contribution in [3.63, 3.8) is 0 Å². The highest BCUT2D eigenvalue weighted by molar-refractivity contribution is 5.80. The number of ether oxygens (including phenoxy) is 1. The number of anilines is 1. The molecule has 0 aliphatic rings. The van der Waals surface area contributed by atoms with E-state index in [1.807, 2.05) is 57.2 Å². The summed E-state index contributed by atoms with van der Waals surface area (Å²) in [5.41, 5.74) is 6.07. The van der Waals surface area contributed by atoms with E-state index in [2.05, 4.69) is 29.6 Å². The van der Waals surface area contributed by atoms with E-state index >= 15 is 0 Å². The maximum absolute atomic E-state index is 5.78. The molecule has 2 aromatic rings. The molecule has 0 fully saturated rings. The van der Waals surface area contributed by atoms with E-state index in [9.17, 15) is 0 Å². The predicted octanol–water partition coefficient (Wildman–Crippen LogP) is 4.62. The predicted molar refractivity (Wildman–Crippen MR) is 89.2 cm³/mol. The van der Waals surface area contributed by atoms with Gasteiger partial charge in [-0.3, -0.25) is 5.43 Å². The van der Waals surface area contributed by atoms with Gasteiger partial charge in [-0.2, -0.15) is 5.10 Å². The van der Waals surface area contributed by atoms with Crippen LogP contribution in [0.25, 0.3) is 0 Å². The van der Waals surface area contributed by atoms with Crippen molar-refractivity contribution < 1.29 is 4.74 Å². The summed E-state index contributed by atoms with van der Waals surface area (Å²) in [6.07, 6.45) is 1.79. The number of hydrogen-bond donors (Lipinski definition) is 1. The number of rotatable bonds is 4. The average molecular weight is 282 g/mol. The fourth-order valence-electron chi connectivity index (χ4n) is 1.78. The maximum Gasteiger partial charge on any atom is 0.120 e. The molecule has 0 saturated carbocycles. The lowest BCUT2D eigenvalue weighted by Crippen LogP contribution is -2.22. The highest BCUT2D eigenvalue weighted by Crippen LogP contribution is 2.18. The summed E-state index contributed by atoms with van der Waals surface area (Å²) in [5.74, 6) is 0.867. The minimum absolute atomic E-state index is 0.178. The third-order valence-corrected chi connectivity index (χ3v) is 2.76. The maximum atomic E-state index is 5.78. The van der Waals surface area contributed by atoms with Crippen molar-refractivity contribution in [1.29, 1.82) is 0 Å². The number of nitrogens with zero attached hydrogens (tertiary/aromatic N) is 1. The lowest BCUT2D eigenvalue weighted by molar-refractivity contribution is 0.131. The molecule has 0 unspecified atom stereocenters. The van der Waals surface area contributed by atoms with Gasteiger partial charge in [0.15, 0.2) is 0 Å². The molecular weight excluding hydrogens is 260 g/mol. The Labute approximate surface area is 126 Å². The second kappa shape index (κ2) is 6.44. The number of aryl methyl sites for hydroxylation is 1. The summed E-state index contributed by atoms with van der Waals surface area (Å²) in [6.45, 7) is 8.17. The summed E-state index contributed by atoms with van der Waals surface area (Å²) in [7, 11) is 0. The molecule has 0 saturated heterocycles. The molecular formula is C18H22N2O. The van der Waals surface area contributed by atoms with E-state index in [1.165, 1.54) is 5.56 Å². The minimum Gasteiger partial charge on any atom is -0.488 e. The van der Waals surface area contributed by atoms with E-state index in [-0.39, 0.29) is 5.60 Å². The minimum atomic E-state index is -0.178. The number of hydrazone groups is 1. The van der Waals surface area contributed by atoms with Crippen molar-refractivity contribution in [3.8, 4) is 5.75 Å². The Morgan fingerprint density at radius 2 is 1.57 bits per heavy atom. The smallest absolute Gasteiger partial charge is 0.120 e. The Balaban J connectivity index is 1.93. The van der Waals surface area contributed by atoms with Gasteiger partial charge in [-0.25, -0.2) is 0 Å². The second-order valence-corrected chi connectivity index (χ2v) is 6.02. The summed E-state index contributed by atoms with van der Waals surface area (Å²) < 4.78 is 5.78. The molecule has 0 aliphatic carbocycles. The van der Waals surface area contributed by atoms with Crippen molar-refractivity contribution >= 4 is 11.9 Å². The Kier molecular flexibility index (Phi) is 4.63. The third kappa shape index (κ3) is 5.30. The van der Waals surface area contributed by atoms with Crippen LogP contribution < -0.4 is 10.2 Å². The van der Waals surface area contributed by atoms with Gasteiger partial charge in [0, 0.05) is 0 Å². The lowest BCUT2D eigenvalue weighted by Gasteiger charge is -2.21. The van der Waals surface area contributed by atoms with Crippen LogP contribution in [0.3, 0.4) is 0 Å². The quantitative estimate of drug-likeness (QED) is 0.656. The zero-order valence-electron chi connectivity index (χ0n) is 13.1. The van der Waals surface area contributed by atoms with Crippen molar-refractivity contribution in [2.24, 2.45) is 5.10 Å². The molecule has 0 aliphatic heterocycles. The summed E-state index contributed by atoms with van der Waals surface area (Å²) >= 11 is 0. The Bertz CT molecular complexity index is 593. The first-order valence-corrected chi connectivity index (χ1v) is 7.07. The van der Waals surface area contributed by atoms with E-state index in [0.717, 1.165) is 17.0 Å². The van der Waals surface area contributed by atoms with Crippen LogP contribution in [0.2, 0.25) is 0 Å². The molecule has 0 amide bonds. The number of hydrogen-bond acceptors (Lipinski definition) is 3. The molecule has 110 valence electrons. The van der Waals surface area contributed by atoms with E-state index < -0.39 is 0 Å². The van der Waals surface area contributed by atoms with Crippen LogP contribution >= 0.6 is 0 Å². The van der Waals surface area contributed by atoms with Gasteiger partial charge in [0.25, 0.3) is 0 Å². The van der Waals surface area contributed by atoms with Crippen LogP contribution in [0.5, 0.6) is 5.75 Å². The standard InChI is InChI=1S/C18H22N2O/c1-14-5-9-16(10-6-14)20-19-13-15-7-11-17(12-8-15)21-18(2,3)4/h5-13,20H,1-4H3/b19-13+. The van der Waals surface area contributed by atoms with Crippen molar-refractivity contribution in [2.75, 3.05) is 5.43 Å². The average Bonchev–Trinajstić information content (AvgIpc) is 2.41. The molecule has 0 spiro atoms. The van der Waals surface area contributed by atoms with Crippen LogP contribution in [0.15, 0.2) is 53.6 Å². The highest BCUT2D eigenvalue weighted by atomic mass is 16.5. The third-order valence-electron chi connectivity index (χ3n) is 2.76. The molecule has 2 aromatic carbocycles. The molecule has 0 radical (unpaired) electrons. The van der Waals surface area contributed by atoms with Crippen molar-refractivity contribution in [3.05, 3.63) is 59.7 Å². The van der Waals surface area contributed by atoms with Gasteiger partial charge in [-0.15, -0.1) is 0 Å². The van der Waals surface area contributed by atoms with E-state index in [4.69, 9.17) is 4.74 Å². The fourth-order valence-corrected chi connectivity index (χ4v) is 1.78. The number of nitrogens with one attached hydrogen (secondary N) is 1. The van der Waals surface area contributed by atoms with Crippen LogP contribution in [-0.4, -0.2) is 11.8 Å². The van der Waals surface area contributed by atoms with Crippen LogP contribution in [0, 0.1) is 6.92 Å². The molecule has 0 atom stereocenters. The van der Waals surface area contributed by atoms with Gasteiger partial charge >= 0.3 is 0 Å². The molecule has 3 heteroatoms. The van der Waals surface area contributed by atoms with E-state index in [0.29, 0.717) is 0 Å². The lowest BCUT2D eigenvalue weighted by atomic mass is 10.2. The first-order chi connectivity index (χ1) is 9.92. The van der Waals surface area contributed by atoms with Gasteiger partial charge in [-0.1, -0.05) is 17.7 Å². The monoisotopic (exact) mass is 282 g/mol. The number of benzene rings is 2. The first-order valence-electron chi connectivity index (χ1n) is 7.07. The largest absolute Gasteiger partial charge is 0.488 e. The van der Waals surface area contributed by atoms with E-state index in [1.54, 1.807) is 6.21 Å². The Morgan fingerprint density at radius 1 is 0.952 bits per heavy atom. The van der Waals surface area contributed by atoms with Crippen LogP contribution in [0.1, 0.15) is 31.9 Å². The summed E-state index contributed by atoms with van der Waals surface area (Å²) in [4.78, 5) is 0.